The van der Waals surface area contributed by atoms with Crippen molar-refractivity contribution in [3.8, 4) is 44.0 Å². The van der Waals surface area contributed by atoms with Gasteiger partial charge in [0.25, 0.3) is 0 Å². The van der Waals surface area contributed by atoms with Gasteiger partial charge in [-0.3, -0.25) is 0 Å². The fourth-order valence-corrected chi connectivity index (χ4v) is 10.3. The van der Waals surface area contributed by atoms with E-state index in [9.17, 15) is 0 Å². The topological polar surface area (TPSA) is 16.1 Å². The number of hydrogen-bond donors (Lipinski definition) is 0. The van der Waals surface area contributed by atoms with Crippen LogP contribution in [0.4, 0.5) is 17.1 Å². The van der Waals surface area contributed by atoms with Gasteiger partial charge in [0, 0.05) is 42.8 Å². The Morgan fingerprint density at radius 3 is 1.51 bits per heavy atom. The number of benzene rings is 9. The highest BCUT2D eigenvalue weighted by Crippen LogP contribution is 2.44. The Bertz CT molecular complexity index is 3200. The van der Waals surface area contributed by atoms with E-state index >= 15 is 0 Å². The van der Waals surface area contributed by atoms with Gasteiger partial charge in [0.1, 0.15) is 5.01 Å². The molecule has 9 aromatic carbocycles. The molecule has 11 aromatic rings. The molecule has 0 spiro atoms. The minimum absolute atomic E-state index is 1.06. The molecule has 0 N–H and O–H groups in total. The number of thiazole rings is 1. The highest BCUT2D eigenvalue weighted by molar-refractivity contribution is 7.28. The van der Waals surface area contributed by atoms with Crippen molar-refractivity contribution in [3.63, 3.8) is 0 Å². The van der Waals surface area contributed by atoms with Crippen LogP contribution in [0.2, 0.25) is 0 Å². The standard InChI is InChI=1S/C53H34N2S2/c1-3-9-35(10-4-1)37-17-24-44(25-18-37)55(45-26-19-38(20-27-45)42-16-15-36-11-7-8-14-41(36)33-42)46-28-21-39(22-29-46)43-23-30-47-50(34-43)56-49-32-31-48-52(51(47)49)57-53(54-48)40-12-5-2-6-13-40/h1-34H. The summed E-state index contributed by atoms with van der Waals surface area (Å²) in [5.41, 5.74) is 12.8. The highest BCUT2D eigenvalue weighted by Gasteiger charge is 2.17. The normalized spacial score (nSPS) is 11.5. The first-order valence-electron chi connectivity index (χ1n) is 19.2. The van der Waals surface area contributed by atoms with Crippen molar-refractivity contribution in [2.75, 3.05) is 4.90 Å². The molecule has 0 aliphatic heterocycles. The molecule has 0 atom stereocenters. The summed E-state index contributed by atoms with van der Waals surface area (Å²) in [5, 5.41) is 6.18. The van der Waals surface area contributed by atoms with Crippen LogP contribution in [0, 0.1) is 0 Å². The van der Waals surface area contributed by atoms with E-state index in [1.54, 1.807) is 11.3 Å². The molecule has 0 unspecified atom stereocenters. The van der Waals surface area contributed by atoms with Crippen molar-refractivity contribution < 1.29 is 0 Å². The molecule has 2 aromatic heterocycles. The number of rotatable bonds is 7. The second kappa shape index (κ2) is 14.0. The molecule has 4 heteroatoms. The zero-order chi connectivity index (χ0) is 37.7. The smallest absolute Gasteiger partial charge is 0.124 e. The minimum atomic E-state index is 1.06. The summed E-state index contributed by atoms with van der Waals surface area (Å²) >= 11 is 3.65. The lowest BCUT2D eigenvalue weighted by molar-refractivity contribution is 1.28. The summed E-state index contributed by atoms with van der Waals surface area (Å²) < 4.78 is 3.85. The summed E-state index contributed by atoms with van der Waals surface area (Å²) in [4.78, 5) is 7.37. The van der Waals surface area contributed by atoms with Gasteiger partial charge in [-0.15, -0.1) is 22.7 Å². The molecule has 0 radical (unpaired) electrons. The largest absolute Gasteiger partial charge is 0.311 e. The number of hydrogen-bond acceptors (Lipinski definition) is 4. The van der Waals surface area contributed by atoms with E-state index in [1.807, 2.05) is 11.3 Å². The molecular weight excluding hydrogens is 729 g/mol. The number of aromatic nitrogens is 1. The molecular formula is C53H34N2S2. The maximum Gasteiger partial charge on any atom is 0.124 e. The second-order valence-electron chi connectivity index (χ2n) is 14.4. The van der Waals surface area contributed by atoms with Crippen LogP contribution in [0.5, 0.6) is 0 Å². The Labute approximate surface area is 339 Å². The molecule has 0 amide bonds. The lowest BCUT2D eigenvalue weighted by Gasteiger charge is -2.26. The number of nitrogens with zero attached hydrogens (tertiary/aromatic N) is 2. The number of fused-ring (bicyclic) bond motifs is 6. The third-order valence-electron chi connectivity index (χ3n) is 10.9. The maximum atomic E-state index is 5.02. The lowest BCUT2D eigenvalue weighted by atomic mass is 10.0. The fourth-order valence-electron chi connectivity index (χ4n) is 7.99. The highest BCUT2D eigenvalue weighted by atomic mass is 32.1. The van der Waals surface area contributed by atoms with Crippen LogP contribution in [0.25, 0.3) is 85.1 Å². The van der Waals surface area contributed by atoms with Crippen LogP contribution in [-0.4, -0.2) is 4.98 Å². The summed E-state index contributed by atoms with van der Waals surface area (Å²) in [7, 11) is 0. The molecule has 0 saturated heterocycles. The molecule has 268 valence electrons. The van der Waals surface area contributed by atoms with Crippen molar-refractivity contribution in [3.05, 3.63) is 206 Å². The molecule has 0 aliphatic rings. The van der Waals surface area contributed by atoms with Crippen LogP contribution < -0.4 is 4.90 Å². The molecule has 0 aliphatic carbocycles. The molecule has 11 rings (SSSR count). The molecule has 2 nitrogen and oxygen atoms in total. The van der Waals surface area contributed by atoms with E-state index in [0.29, 0.717) is 0 Å². The molecule has 0 bridgehead atoms. The van der Waals surface area contributed by atoms with Crippen molar-refractivity contribution in [2.24, 2.45) is 0 Å². The molecule has 57 heavy (non-hydrogen) atoms. The maximum absolute atomic E-state index is 5.02. The first-order chi connectivity index (χ1) is 28.2. The van der Waals surface area contributed by atoms with Gasteiger partial charge < -0.3 is 4.90 Å². The van der Waals surface area contributed by atoms with Crippen LogP contribution in [0.1, 0.15) is 0 Å². The molecule has 2 heterocycles. The van der Waals surface area contributed by atoms with E-state index in [1.165, 1.54) is 69.0 Å². The Morgan fingerprint density at radius 1 is 0.351 bits per heavy atom. The SMILES string of the molecule is c1ccc(-c2ccc(N(c3ccc(-c4ccc5ccccc5c4)cc3)c3ccc(-c4ccc5c(c4)sc4ccc6nc(-c7ccccc7)sc6c45)cc3)cc2)cc1. The van der Waals surface area contributed by atoms with Gasteiger partial charge in [0.2, 0.25) is 0 Å². The van der Waals surface area contributed by atoms with Gasteiger partial charge >= 0.3 is 0 Å². The Balaban J connectivity index is 0.945. The number of thiophene rings is 1. The van der Waals surface area contributed by atoms with E-state index in [4.69, 9.17) is 4.98 Å². The van der Waals surface area contributed by atoms with Crippen LogP contribution >= 0.6 is 22.7 Å². The first-order valence-corrected chi connectivity index (χ1v) is 20.8. The van der Waals surface area contributed by atoms with Crippen LogP contribution in [0.15, 0.2) is 206 Å². The fraction of sp³-hybridized carbons (Fsp3) is 0. The monoisotopic (exact) mass is 762 g/mol. The first kappa shape index (κ1) is 33.5. The van der Waals surface area contributed by atoms with E-state index in [-0.39, 0.29) is 0 Å². The Kier molecular flexibility index (Phi) is 8.24. The van der Waals surface area contributed by atoms with Crippen molar-refractivity contribution >= 4 is 80.9 Å². The van der Waals surface area contributed by atoms with Crippen LogP contribution in [0.3, 0.4) is 0 Å². The summed E-state index contributed by atoms with van der Waals surface area (Å²) in [6.45, 7) is 0. The third-order valence-corrected chi connectivity index (χ3v) is 13.2. The van der Waals surface area contributed by atoms with Crippen molar-refractivity contribution in [1.29, 1.82) is 0 Å². The Hall–Kier alpha value is -6.85. The average molecular weight is 763 g/mol. The van der Waals surface area contributed by atoms with E-state index in [0.717, 1.165) is 33.1 Å². The summed E-state index contributed by atoms with van der Waals surface area (Å²) in [6, 6.07) is 74.5. The van der Waals surface area contributed by atoms with Gasteiger partial charge in [-0.05, 0) is 105 Å². The second-order valence-corrected chi connectivity index (χ2v) is 16.5. The summed E-state index contributed by atoms with van der Waals surface area (Å²) in [5.74, 6) is 0. The van der Waals surface area contributed by atoms with Crippen molar-refractivity contribution in [2.45, 2.75) is 0 Å². The van der Waals surface area contributed by atoms with Gasteiger partial charge in [0.15, 0.2) is 0 Å². The van der Waals surface area contributed by atoms with Crippen LogP contribution in [-0.2, 0) is 0 Å². The third kappa shape index (κ3) is 6.16. The van der Waals surface area contributed by atoms with Gasteiger partial charge in [0.05, 0.1) is 10.2 Å². The van der Waals surface area contributed by atoms with Gasteiger partial charge in [-0.25, -0.2) is 4.98 Å². The minimum Gasteiger partial charge on any atom is -0.311 e. The zero-order valence-corrected chi connectivity index (χ0v) is 32.5. The van der Waals surface area contributed by atoms with E-state index < -0.39 is 0 Å². The zero-order valence-electron chi connectivity index (χ0n) is 30.8. The summed E-state index contributed by atoms with van der Waals surface area (Å²) in [6.07, 6.45) is 0. The number of anilines is 3. The molecule has 0 saturated carbocycles. The lowest BCUT2D eigenvalue weighted by Crippen LogP contribution is -2.09. The van der Waals surface area contributed by atoms with E-state index in [2.05, 4.69) is 211 Å². The predicted octanol–water partition coefficient (Wildman–Crippen LogP) is 16.0. The van der Waals surface area contributed by atoms with Gasteiger partial charge in [-0.1, -0.05) is 146 Å². The van der Waals surface area contributed by atoms with Gasteiger partial charge in [-0.2, -0.15) is 0 Å². The quantitative estimate of drug-likeness (QED) is 0.161. The predicted molar refractivity (Wildman–Crippen MR) is 246 cm³/mol. The average Bonchev–Trinajstić information content (AvgIpc) is 3.89. The molecule has 0 fully saturated rings. The Morgan fingerprint density at radius 2 is 0.860 bits per heavy atom. The van der Waals surface area contributed by atoms with Crippen molar-refractivity contribution in [1.82, 2.24) is 4.98 Å².